The number of nitrogens with one attached hydrogen (secondary N) is 1. The topological polar surface area (TPSA) is 42.0 Å². The minimum atomic E-state index is -0.0845. The molecule has 0 atom stereocenters. The van der Waals surface area contributed by atoms with Crippen LogP contribution < -0.4 is 5.32 Å². The SMILES string of the molecule is Cc1cc(C(=O)NCC(C(C)C)C(C)C)cc(Cl)n1. The molecule has 1 N–H and O–H groups in total. The molecule has 4 heteroatoms. The van der Waals surface area contributed by atoms with E-state index in [0.717, 1.165) is 5.69 Å². The van der Waals surface area contributed by atoms with Crippen molar-refractivity contribution in [2.75, 3.05) is 6.54 Å². The predicted octanol–water partition coefficient (Wildman–Crippen LogP) is 3.70. The van der Waals surface area contributed by atoms with Crippen molar-refractivity contribution >= 4 is 17.5 Å². The largest absolute Gasteiger partial charge is 0.352 e. The Morgan fingerprint density at radius 2 is 1.84 bits per heavy atom. The molecule has 0 radical (unpaired) electrons. The molecule has 0 aliphatic rings. The van der Waals surface area contributed by atoms with Crippen LogP contribution in [0.2, 0.25) is 5.15 Å². The first kappa shape index (κ1) is 16.0. The Hall–Kier alpha value is -1.09. The maximum atomic E-state index is 12.1. The molecule has 0 saturated heterocycles. The normalized spacial score (nSPS) is 11.4. The maximum absolute atomic E-state index is 12.1. The van der Waals surface area contributed by atoms with E-state index in [1.807, 2.05) is 6.92 Å². The number of carbonyl (C=O) groups excluding carboxylic acids is 1. The summed E-state index contributed by atoms with van der Waals surface area (Å²) in [7, 11) is 0. The number of hydrogen-bond donors (Lipinski definition) is 1. The van der Waals surface area contributed by atoms with Gasteiger partial charge in [0, 0.05) is 17.8 Å². The number of pyridine rings is 1. The van der Waals surface area contributed by atoms with Crippen LogP contribution in [0.15, 0.2) is 12.1 Å². The van der Waals surface area contributed by atoms with Crippen molar-refractivity contribution in [1.82, 2.24) is 10.3 Å². The highest BCUT2D eigenvalue weighted by Gasteiger charge is 2.18. The third kappa shape index (κ3) is 4.83. The molecule has 1 rings (SSSR count). The standard InChI is InChI=1S/C15H23ClN2O/c1-9(2)13(10(3)4)8-17-15(19)12-6-11(5)18-14(16)7-12/h6-7,9-10,13H,8H2,1-5H3,(H,17,19). The Labute approximate surface area is 120 Å². The Morgan fingerprint density at radius 1 is 1.26 bits per heavy atom. The lowest BCUT2D eigenvalue weighted by atomic mass is 9.85. The molecule has 1 aromatic heterocycles. The predicted molar refractivity (Wildman–Crippen MR) is 79.5 cm³/mol. The molecule has 0 bridgehead atoms. The summed E-state index contributed by atoms with van der Waals surface area (Å²) < 4.78 is 0. The highest BCUT2D eigenvalue weighted by molar-refractivity contribution is 6.29. The van der Waals surface area contributed by atoms with Gasteiger partial charge in [0.25, 0.3) is 5.91 Å². The highest BCUT2D eigenvalue weighted by atomic mass is 35.5. The number of aromatic nitrogens is 1. The van der Waals surface area contributed by atoms with Crippen molar-refractivity contribution in [3.63, 3.8) is 0 Å². The Bertz CT molecular complexity index is 416. The van der Waals surface area contributed by atoms with Gasteiger partial charge >= 0.3 is 0 Å². The highest BCUT2D eigenvalue weighted by Crippen LogP contribution is 2.19. The average molecular weight is 283 g/mol. The van der Waals surface area contributed by atoms with Crippen LogP contribution in [0.4, 0.5) is 0 Å². The van der Waals surface area contributed by atoms with Crippen LogP contribution in [-0.4, -0.2) is 17.4 Å². The van der Waals surface area contributed by atoms with Crippen molar-refractivity contribution in [2.45, 2.75) is 34.6 Å². The minimum absolute atomic E-state index is 0.0845. The van der Waals surface area contributed by atoms with Crippen molar-refractivity contribution < 1.29 is 4.79 Å². The van der Waals surface area contributed by atoms with Gasteiger partial charge in [-0.2, -0.15) is 0 Å². The molecular weight excluding hydrogens is 260 g/mol. The van der Waals surface area contributed by atoms with E-state index < -0.39 is 0 Å². The van der Waals surface area contributed by atoms with Gasteiger partial charge in [0.05, 0.1) is 0 Å². The van der Waals surface area contributed by atoms with E-state index in [0.29, 0.717) is 35.0 Å². The molecule has 19 heavy (non-hydrogen) atoms. The van der Waals surface area contributed by atoms with Gasteiger partial charge in [-0.1, -0.05) is 39.3 Å². The number of halogens is 1. The smallest absolute Gasteiger partial charge is 0.251 e. The Kier molecular flexibility index (Phi) is 5.80. The van der Waals surface area contributed by atoms with Crippen LogP contribution in [0.3, 0.4) is 0 Å². The Morgan fingerprint density at radius 3 is 2.32 bits per heavy atom. The third-order valence-electron chi connectivity index (χ3n) is 3.40. The van der Waals surface area contributed by atoms with Crippen LogP contribution >= 0.6 is 11.6 Å². The van der Waals surface area contributed by atoms with Gasteiger partial charge in [-0.15, -0.1) is 0 Å². The Balaban J connectivity index is 2.69. The van der Waals surface area contributed by atoms with E-state index in [1.165, 1.54) is 0 Å². The summed E-state index contributed by atoms with van der Waals surface area (Å²) in [6.45, 7) is 11.3. The van der Waals surface area contributed by atoms with Crippen molar-refractivity contribution in [3.05, 3.63) is 28.5 Å². The van der Waals surface area contributed by atoms with E-state index >= 15 is 0 Å². The van der Waals surface area contributed by atoms with E-state index in [4.69, 9.17) is 11.6 Å². The lowest BCUT2D eigenvalue weighted by Gasteiger charge is -2.25. The summed E-state index contributed by atoms with van der Waals surface area (Å²) in [6.07, 6.45) is 0. The molecule has 0 aromatic carbocycles. The maximum Gasteiger partial charge on any atom is 0.251 e. The van der Waals surface area contributed by atoms with Crippen molar-refractivity contribution in [2.24, 2.45) is 17.8 Å². The summed E-state index contributed by atoms with van der Waals surface area (Å²) in [6, 6.07) is 3.35. The zero-order chi connectivity index (χ0) is 14.6. The van der Waals surface area contributed by atoms with Gasteiger partial charge in [-0.25, -0.2) is 4.98 Å². The van der Waals surface area contributed by atoms with E-state index in [1.54, 1.807) is 12.1 Å². The molecule has 0 saturated carbocycles. The number of carbonyl (C=O) groups is 1. The molecule has 106 valence electrons. The molecule has 0 aliphatic heterocycles. The van der Waals surface area contributed by atoms with E-state index in [2.05, 4.69) is 38.0 Å². The molecular formula is C15H23ClN2O. The van der Waals surface area contributed by atoms with Crippen molar-refractivity contribution in [3.8, 4) is 0 Å². The molecule has 0 aliphatic carbocycles. The first-order chi connectivity index (χ1) is 8.81. The summed E-state index contributed by atoms with van der Waals surface area (Å²) in [5.41, 5.74) is 1.32. The van der Waals surface area contributed by atoms with Crippen LogP contribution in [-0.2, 0) is 0 Å². The van der Waals surface area contributed by atoms with Gasteiger partial charge in [-0.3, -0.25) is 4.79 Å². The molecule has 1 aromatic rings. The lowest BCUT2D eigenvalue weighted by molar-refractivity contribution is 0.0937. The fourth-order valence-electron chi connectivity index (χ4n) is 2.31. The van der Waals surface area contributed by atoms with Crippen LogP contribution in [0.5, 0.6) is 0 Å². The number of hydrogen-bond acceptors (Lipinski definition) is 2. The second-order valence-corrected chi connectivity index (χ2v) is 6.07. The fourth-order valence-corrected chi connectivity index (χ4v) is 2.56. The second kappa shape index (κ2) is 6.90. The van der Waals surface area contributed by atoms with Crippen molar-refractivity contribution in [1.29, 1.82) is 0 Å². The number of amides is 1. The number of nitrogens with zero attached hydrogens (tertiary/aromatic N) is 1. The summed E-state index contributed by atoms with van der Waals surface area (Å²) in [4.78, 5) is 16.2. The van der Waals surface area contributed by atoms with Gasteiger partial charge in [0.15, 0.2) is 0 Å². The van der Waals surface area contributed by atoms with Gasteiger partial charge in [-0.05, 0) is 36.8 Å². The monoisotopic (exact) mass is 282 g/mol. The molecule has 1 heterocycles. The molecule has 0 fully saturated rings. The fraction of sp³-hybridized carbons (Fsp3) is 0.600. The van der Waals surface area contributed by atoms with Crippen LogP contribution in [0.25, 0.3) is 0 Å². The first-order valence-electron chi connectivity index (χ1n) is 6.73. The average Bonchev–Trinajstić information content (AvgIpc) is 2.26. The zero-order valence-electron chi connectivity index (χ0n) is 12.3. The lowest BCUT2D eigenvalue weighted by Crippen LogP contribution is -2.34. The van der Waals surface area contributed by atoms with E-state index in [9.17, 15) is 4.79 Å². The summed E-state index contributed by atoms with van der Waals surface area (Å²) in [5, 5.41) is 3.35. The van der Waals surface area contributed by atoms with Crippen LogP contribution in [0, 0.1) is 24.7 Å². The van der Waals surface area contributed by atoms with Gasteiger partial charge < -0.3 is 5.32 Å². The minimum Gasteiger partial charge on any atom is -0.352 e. The number of rotatable bonds is 5. The van der Waals surface area contributed by atoms with Crippen LogP contribution in [0.1, 0.15) is 43.7 Å². The molecule has 3 nitrogen and oxygen atoms in total. The van der Waals surface area contributed by atoms with Gasteiger partial charge in [0.1, 0.15) is 5.15 Å². The zero-order valence-corrected chi connectivity index (χ0v) is 13.1. The quantitative estimate of drug-likeness (QED) is 0.837. The number of aryl methyl sites for hydroxylation is 1. The molecule has 0 spiro atoms. The summed E-state index contributed by atoms with van der Waals surface area (Å²) >= 11 is 5.87. The second-order valence-electron chi connectivity index (χ2n) is 5.68. The first-order valence-corrected chi connectivity index (χ1v) is 7.11. The molecule has 0 unspecified atom stereocenters. The summed E-state index contributed by atoms with van der Waals surface area (Å²) in [5.74, 6) is 1.48. The third-order valence-corrected chi connectivity index (χ3v) is 3.59. The van der Waals surface area contributed by atoms with Gasteiger partial charge in [0.2, 0.25) is 0 Å². The van der Waals surface area contributed by atoms with E-state index in [-0.39, 0.29) is 5.91 Å². The molecule has 1 amide bonds.